The number of nitrogens with zero attached hydrogens (tertiary/aromatic N) is 4. The van der Waals surface area contributed by atoms with Gasteiger partial charge in [-0.2, -0.15) is 0 Å². The molecule has 0 aliphatic carbocycles. The number of carbonyl (C=O) groups is 2. The number of amides is 2. The fourth-order valence-electron chi connectivity index (χ4n) is 3.28. The second kappa shape index (κ2) is 10.0. The lowest BCUT2D eigenvalue weighted by Crippen LogP contribution is -2.45. The molecule has 1 aliphatic heterocycles. The minimum absolute atomic E-state index is 0.0240. The molecule has 1 N–H and O–H groups in total. The molecule has 2 aromatic rings. The summed E-state index contributed by atoms with van der Waals surface area (Å²) in [5.41, 5.74) is 0.282. The topological polar surface area (TPSA) is 98.6 Å². The standard InChI is InChI=1S/C20H27N5O4/c1-15(29-17-6-4-3-5-7-17)20(27)24-11-8-16(9-12-24)25-14-18(22-23-25)19(26)21-10-13-28-2/h3-7,14-16H,8-13H2,1-2H3,(H,21,26). The van der Waals surface area contributed by atoms with E-state index in [0.717, 1.165) is 12.8 Å². The van der Waals surface area contributed by atoms with Gasteiger partial charge in [-0.1, -0.05) is 23.4 Å². The number of nitrogens with one attached hydrogen (secondary N) is 1. The second-order valence-electron chi connectivity index (χ2n) is 6.96. The van der Waals surface area contributed by atoms with Crippen molar-refractivity contribution in [2.45, 2.75) is 31.9 Å². The van der Waals surface area contributed by atoms with E-state index < -0.39 is 6.10 Å². The molecular formula is C20H27N5O4. The van der Waals surface area contributed by atoms with Crippen LogP contribution in [-0.2, 0) is 9.53 Å². The largest absolute Gasteiger partial charge is 0.481 e. The Labute approximate surface area is 170 Å². The maximum atomic E-state index is 12.7. The first-order valence-corrected chi connectivity index (χ1v) is 9.78. The number of piperidine rings is 1. The molecule has 0 spiro atoms. The molecule has 9 heteroatoms. The molecule has 1 fully saturated rings. The first-order valence-electron chi connectivity index (χ1n) is 9.78. The van der Waals surface area contributed by atoms with Crippen LogP contribution in [-0.4, -0.2) is 71.2 Å². The first-order chi connectivity index (χ1) is 14.1. The summed E-state index contributed by atoms with van der Waals surface area (Å²) < 4.78 is 12.4. The lowest BCUT2D eigenvalue weighted by molar-refractivity contribution is -0.139. The molecule has 1 aromatic heterocycles. The molecule has 0 saturated carbocycles. The molecule has 0 bridgehead atoms. The number of likely N-dealkylation sites (tertiary alicyclic amines) is 1. The molecule has 1 atom stereocenters. The minimum atomic E-state index is -0.539. The van der Waals surface area contributed by atoms with E-state index in [2.05, 4.69) is 15.6 Å². The van der Waals surface area contributed by atoms with Gasteiger partial charge < -0.3 is 19.7 Å². The van der Waals surface area contributed by atoms with Gasteiger partial charge >= 0.3 is 0 Å². The van der Waals surface area contributed by atoms with Gasteiger partial charge in [0.15, 0.2) is 11.8 Å². The van der Waals surface area contributed by atoms with Gasteiger partial charge in [-0.3, -0.25) is 9.59 Å². The number of hydrogen-bond acceptors (Lipinski definition) is 6. The number of para-hydroxylation sites is 1. The van der Waals surface area contributed by atoms with Crippen molar-refractivity contribution < 1.29 is 19.1 Å². The van der Waals surface area contributed by atoms with Crippen molar-refractivity contribution in [2.24, 2.45) is 0 Å². The third kappa shape index (κ3) is 5.54. The van der Waals surface area contributed by atoms with E-state index in [-0.39, 0.29) is 23.6 Å². The van der Waals surface area contributed by atoms with E-state index >= 15 is 0 Å². The maximum Gasteiger partial charge on any atom is 0.273 e. The van der Waals surface area contributed by atoms with Crippen LogP contribution < -0.4 is 10.1 Å². The highest BCUT2D eigenvalue weighted by Gasteiger charge is 2.28. The van der Waals surface area contributed by atoms with Crippen LogP contribution in [0.15, 0.2) is 36.5 Å². The monoisotopic (exact) mass is 401 g/mol. The third-order valence-electron chi connectivity index (χ3n) is 4.89. The summed E-state index contributed by atoms with van der Waals surface area (Å²) in [6.45, 7) is 3.86. The summed E-state index contributed by atoms with van der Waals surface area (Å²) in [4.78, 5) is 26.5. The smallest absolute Gasteiger partial charge is 0.273 e. The van der Waals surface area contributed by atoms with Crippen molar-refractivity contribution in [2.75, 3.05) is 33.4 Å². The van der Waals surface area contributed by atoms with Gasteiger partial charge in [0.2, 0.25) is 0 Å². The highest BCUT2D eigenvalue weighted by molar-refractivity contribution is 5.91. The molecule has 1 aromatic carbocycles. The molecule has 1 saturated heterocycles. The average molecular weight is 401 g/mol. The average Bonchev–Trinajstić information content (AvgIpc) is 3.24. The van der Waals surface area contributed by atoms with E-state index in [0.29, 0.717) is 32.0 Å². The highest BCUT2D eigenvalue weighted by atomic mass is 16.5. The number of hydrogen-bond donors (Lipinski definition) is 1. The fourth-order valence-corrected chi connectivity index (χ4v) is 3.28. The Morgan fingerprint density at radius 1 is 1.24 bits per heavy atom. The summed E-state index contributed by atoms with van der Waals surface area (Å²) in [7, 11) is 1.58. The first kappa shape index (κ1) is 20.8. The second-order valence-corrected chi connectivity index (χ2v) is 6.96. The number of rotatable bonds is 8. The zero-order chi connectivity index (χ0) is 20.6. The predicted octanol–water partition coefficient (Wildman–Crippen LogP) is 1.29. The van der Waals surface area contributed by atoms with Crippen molar-refractivity contribution >= 4 is 11.8 Å². The Kier molecular flexibility index (Phi) is 7.18. The molecule has 1 unspecified atom stereocenters. The van der Waals surface area contributed by atoms with Crippen molar-refractivity contribution in [1.82, 2.24) is 25.2 Å². The maximum absolute atomic E-state index is 12.7. The third-order valence-corrected chi connectivity index (χ3v) is 4.89. The van der Waals surface area contributed by atoms with E-state index in [4.69, 9.17) is 9.47 Å². The van der Waals surface area contributed by atoms with Gasteiger partial charge in [0, 0.05) is 26.7 Å². The molecule has 0 radical (unpaired) electrons. The molecule has 2 heterocycles. The summed E-state index contributed by atoms with van der Waals surface area (Å²) >= 11 is 0. The Morgan fingerprint density at radius 2 is 1.97 bits per heavy atom. The SMILES string of the molecule is COCCNC(=O)c1cn(C2CCN(C(=O)C(C)Oc3ccccc3)CC2)nn1. The van der Waals surface area contributed by atoms with Crippen molar-refractivity contribution in [3.8, 4) is 5.75 Å². The summed E-state index contributed by atoms with van der Waals surface area (Å²) in [6.07, 6.45) is 2.61. The van der Waals surface area contributed by atoms with E-state index in [1.54, 1.807) is 24.9 Å². The Balaban J connectivity index is 1.49. The minimum Gasteiger partial charge on any atom is -0.481 e. The van der Waals surface area contributed by atoms with Gasteiger partial charge in [-0.15, -0.1) is 5.10 Å². The van der Waals surface area contributed by atoms with Gasteiger partial charge in [-0.25, -0.2) is 4.68 Å². The van der Waals surface area contributed by atoms with Crippen LogP contribution >= 0.6 is 0 Å². The van der Waals surface area contributed by atoms with Gasteiger partial charge in [0.25, 0.3) is 11.8 Å². The predicted molar refractivity (Wildman–Crippen MR) is 106 cm³/mol. The van der Waals surface area contributed by atoms with E-state index in [1.165, 1.54) is 0 Å². The Morgan fingerprint density at radius 3 is 2.66 bits per heavy atom. The van der Waals surface area contributed by atoms with Crippen LogP contribution in [0.1, 0.15) is 36.3 Å². The van der Waals surface area contributed by atoms with Crippen molar-refractivity contribution in [3.05, 3.63) is 42.2 Å². The van der Waals surface area contributed by atoms with Crippen LogP contribution in [0.4, 0.5) is 0 Å². The fraction of sp³-hybridized carbons (Fsp3) is 0.500. The Bertz CT molecular complexity index is 802. The molecule has 9 nitrogen and oxygen atoms in total. The number of methoxy groups -OCH3 is 1. The van der Waals surface area contributed by atoms with Crippen LogP contribution in [0.25, 0.3) is 0 Å². The molecule has 156 valence electrons. The summed E-state index contributed by atoms with van der Waals surface area (Å²) in [6, 6.07) is 9.44. The highest BCUT2D eigenvalue weighted by Crippen LogP contribution is 2.23. The van der Waals surface area contributed by atoms with E-state index in [9.17, 15) is 9.59 Å². The molecular weight excluding hydrogens is 374 g/mol. The summed E-state index contributed by atoms with van der Waals surface area (Å²) in [5, 5.41) is 10.8. The van der Waals surface area contributed by atoms with Crippen LogP contribution in [0.5, 0.6) is 5.75 Å². The van der Waals surface area contributed by atoms with Gasteiger partial charge in [-0.05, 0) is 31.9 Å². The summed E-state index contributed by atoms with van der Waals surface area (Å²) in [5.74, 6) is 0.388. The van der Waals surface area contributed by atoms with Gasteiger partial charge in [0.05, 0.1) is 18.8 Å². The number of aromatic nitrogens is 3. The number of benzene rings is 1. The lowest BCUT2D eigenvalue weighted by Gasteiger charge is -2.33. The van der Waals surface area contributed by atoms with Crippen molar-refractivity contribution in [1.29, 1.82) is 0 Å². The van der Waals surface area contributed by atoms with Crippen molar-refractivity contribution in [3.63, 3.8) is 0 Å². The molecule has 3 rings (SSSR count). The van der Waals surface area contributed by atoms with Crippen LogP contribution in [0.3, 0.4) is 0 Å². The number of ether oxygens (including phenoxy) is 2. The zero-order valence-electron chi connectivity index (χ0n) is 16.8. The normalized spacial score (nSPS) is 15.7. The quantitative estimate of drug-likeness (QED) is 0.669. The zero-order valence-corrected chi connectivity index (χ0v) is 16.8. The van der Waals surface area contributed by atoms with Gasteiger partial charge in [0.1, 0.15) is 5.75 Å². The number of carbonyl (C=O) groups excluding carboxylic acids is 2. The lowest BCUT2D eigenvalue weighted by atomic mass is 10.0. The van der Waals surface area contributed by atoms with E-state index in [1.807, 2.05) is 35.2 Å². The molecule has 2 amide bonds. The van der Waals surface area contributed by atoms with Crippen LogP contribution in [0.2, 0.25) is 0 Å². The van der Waals surface area contributed by atoms with Crippen LogP contribution in [0, 0.1) is 0 Å². The molecule has 29 heavy (non-hydrogen) atoms. The Hall–Kier alpha value is -2.94. The molecule has 1 aliphatic rings.